The number of benzene rings is 2. The first kappa shape index (κ1) is 17.7. The van der Waals surface area contributed by atoms with E-state index in [1.54, 1.807) is 0 Å². The molecule has 2 fully saturated rings. The molecule has 0 saturated heterocycles. The number of hydrogen-bond acceptors (Lipinski definition) is 2. The van der Waals surface area contributed by atoms with E-state index in [9.17, 15) is 4.79 Å². The highest BCUT2D eigenvalue weighted by molar-refractivity contribution is 6.99. The maximum atomic E-state index is 11.7. The minimum absolute atomic E-state index is 0.0316. The molecule has 2 unspecified atom stereocenters. The molecular formula is C23H28O2Si. The first-order valence-electron chi connectivity index (χ1n) is 9.71. The molecule has 2 aliphatic rings. The van der Waals surface area contributed by atoms with Crippen molar-refractivity contribution in [2.75, 3.05) is 0 Å². The van der Waals surface area contributed by atoms with Gasteiger partial charge in [-0.15, -0.1) is 0 Å². The van der Waals surface area contributed by atoms with E-state index in [1.807, 2.05) is 0 Å². The summed E-state index contributed by atoms with van der Waals surface area (Å²) in [5.41, 5.74) is 0. The Bertz CT molecular complexity index is 726. The molecule has 2 aromatic carbocycles. The van der Waals surface area contributed by atoms with Crippen molar-refractivity contribution in [3.05, 3.63) is 60.7 Å². The van der Waals surface area contributed by atoms with E-state index in [1.165, 1.54) is 16.8 Å². The van der Waals surface area contributed by atoms with Crippen molar-refractivity contribution in [1.82, 2.24) is 0 Å². The van der Waals surface area contributed by atoms with Gasteiger partial charge in [0, 0.05) is 5.92 Å². The van der Waals surface area contributed by atoms with Crippen LogP contribution in [0.2, 0.25) is 5.04 Å². The Hall–Kier alpha value is -1.71. The molecule has 0 aromatic heterocycles. The molecule has 26 heavy (non-hydrogen) atoms. The van der Waals surface area contributed by atoms with E-state index in [-0.39, 0.29) is 17.1 Å². The summed E-state index contributed by atoms with van der Waals surface area (Å²) in [6, 6.07) is 21.5. The summed E-state index contributed by atoms with van der Waals surface area (Å²) in [7, 11) is -2.55. The molecule has 3 heteroatoms. The minimum Gasteiger partial charge on any atom is -0.403 e. The number of carbonyl (C=O) groups excluding carboxylic acids is 1. The number of aldehydes is 1. The fraction of sp³-hybridized carbons (Fsp3) is 0.435. The molecule has 136 valence electrons. The zero-order chi connectivity index (χ0) is 18.4. The van der Waals surface area contributed by atoms with Gasteiger partial charge in [-0.3, -0.25) is 0 Å². The van der Waals surface area contributed by atoms with Crippen LogP contribution in [0, 0.1) is 17.8 Å². The molecule has 2 aliphatic carbocycles. The Morgan fingerprint density at radius 2 is 1.46 bits per heavy atom. The monoisotopic (exact) mass is 364 g/mol. The fourth-order valence-electron chi connectivity index (χ4n) is 4.95. The molecule has 0 heterocycles. The Morgan fingerprint density at radius 1 is 0.923 bits per heavy atom. The fourth-order valence-corrected chi connectivity index (χ4v) is 9.72. The van der Waals surface area contributed by atoms with Gasteiger partial charge in [0.15, 0.2) is 0 Å². The number of carbonyl (C=O) groups is 1. The maximum absolute atomic E-state index is 11.7. The second-order valence-corrected chi connectivity index (χ2v) is 13.2. The Kier molecular flexibility index (Phi) is 4.40. The minimum atomic E-state index is -2.55. The molecule has 4 atom stereocenters. The lowest BCUT2D eigenvalue weighted by Crippen LogP contribution is -2.68. The van der Waals surface area contributed by atoms with E-state index < -0.39 is 8.32 Å². The van der Waals surface area contributed by atoms with E-state index in [2.05, 4.69) is 81.4 Å². The van der Waals surface area contributed by atoms with Crippen LogP contribution in [0.5, 0.6) is 0 Å². The van der Waals surface area contributed by atoms with Crippen molar-refractivity contribution >= 4 is 25.0 Å². The molecular weight excluding hydrogens is 336 g/mol. The number of rotatable bonds is 5. The lowest BCUT2D eigenvalue weighted by Gasteiger charge is -2.45. The Balaban J connectivity index is 1.87. The third-order valence-electron chi connectivity index (χ3n) is 6.30. The predicted octanol–water partition coefficient (Wildman–Crippen LogP) is 3.79. The van der Waals surface area contributed by atoms with Crippen LogP contribution in [0.15, 0.2) is 60.7 Å². The van der Waals surface area contributed by atoms with Gasteiger partial charge in [-0.25, -0.2) is 0 Å². The normalized spacial score (nSPS) is 27.8. The van der Waals surface area contributed by atoms with Crippen molar-refractivity contribution in [2.45, 2.75) is 44.8 Å². The van der Waals surface area contributed by atoms with Crippen molar-refractivity contribution in [3.63, 3.8) is 0 Å². The Labute approximate surface area is 157 Å². The van der Waals surface area contributed by atoms with Gasteiger partial charge in [0.05, 0.1) is 6.10 Å². The zero-order valence-electron chi connectivity index (χ0n) is 15.9. The summed E-state index contributed by atoms with van der Waals surface area (Å²) in [5.74, 6) is 1.33. The maximum Gasteiger partial charge on any atom is 0.261 e. The van der Waals surface area contributed by atoms with Crippen LogP contribution >= 0.6 is 0 Å². The largest absolute Gasteiger partial charge is 0.403 e. The standard InChI is InChI=1S/C23H28O2Si/c1-23(2,3)26(19-10-6-4-7-11-19,20-12-8-5-9-13-20)25-22-18(16-24)14-17-15-21(17)22/h4-13,16-18,21-22H,14-15H2,1-3H3/t17?,18-,21?,22-/m0/s1. The van der Waals surface area contributed by atoms with Crippen molar-refractivity contribution in [1.29, 1.82) is 0 Å². The highest BCUT2D eigenvalue weighted by Gasteiger charge is 2.59. The van der Waals surface area contributed by atoms with Crippen LogP contribution < -0.4 is 10.4 Å². The van der Waals surface area contributed by atoms with Crippen LogP contribution in [-0.2, 0) is 9.22 Å². The second kappa shape index (κ2) is 6.47. The highest BCUT2D eigenvalue weighted by Crippen LogP contribution is 2.56. The first-order chi connectivity index (χ1) is 12.5. The van der Waals surface area contributed by atoms with Gasteiger partial charge < -0.3 is 9.22 Å². The van der Waals surface area contributed by atoms with Gasteiger partial charge in [0.25, 0.3) is 8.32 Å². The molecule has 0 radical (unpaired) electrons. The smallest absolute Gasteiger partial charge is 0.261 e. The summed E-state index contributed by atoms with van der Waals surface area (Å²) >= 11 is 0. The lowest BCUT2D eigenvalue weighted by molar-refractivity contribution is -0.113. The average Bonchev–Trinajstić information content (AvgIpc) is 3.33. The third kappa shape index (κ3) is 2.78. The van der Waals surface area contributed by atoms with Gasteiger partial charge in [-0.05, 0) is 40.1 Å². The SMILES string of the molecule is CC(C)(C)[Si](O[C@@H]1C2CC2C[C@H]1C=O)(c1ccccc1)c1ccccc1. The molecule has 2 nitrogen and oxygen atoms in total. The van der Waals surface area contributed by atoms with E-state index in [0.717, 1.165) is 12.7 Å². The zero-order valence-corrected chi connectivity index (χ0v) is 16.9. The van der Waals surface area contributed by atoms with Crippen LogP contribution in [-0.4, -0.2) is 20.7 Å². The van der Waals surface area contributed by atoms with E-state index in [0.29, 0.717) is 11.8 Å². The van der Waals surface area contributed by atoms with Gasteiger partial charge in [0.1, 0.15) is 6.29 Å². The molecule has 2 saturated carbocycles. The number of fused-ring (bicyclic) bond motifs is 1. The second-order valence-electron chi connectivity index (χ2n) is 8.94. The molecule has 0 amide bonds. The van der Waals surface area contributed by atoms with Gasteiger partial charge >= 0.3 is 0 Å². The van der Waals surface area contributed by atoms with E-state index in [4.69, 9.17) is 4.43 Å². The van der Waals surface area contributed by atoms with Crippen LogP contribution in [0.25, 0.3) is 0 Å². The van der Waals surface area contributed by atoms with Crippen LogP contribution in [0.3, 0.4) is 0 Å². The summed E-state index contributed by atoms with van der Waals surface area (Å²) in [6.45, 7) is 6.90. The average molecular weight is 365 g/mol. The number of hydrogen-bond donors (Lipinski definition) is 0. The predicted molar refractivity (Wildman–Crippen MR) is 108 cm³/mol. The summed E-state index contributed by atoms with van der Waals surface area (Å²) in [5, 5.41) is 2.57. The topological polar surface area (TPSA) is 26.3 Å². The lowest BCUT2D eigenvalue weighted by atomic mass is 10.0. The summed E-state index contributed by atoms with van der Waals surface area (Å²) < 4.78 is 7.20. The van der Waals surface area contributed by atoms with Crippen LogP contribution in [0.4, 0.5) is 0 Å². The highest BCUT2D eigenvalue weighted by atomic mass is 28.4. The summed E-state index contributed by atoms with van der Waals surface area (Å²) in [4.78, 5) is 11.7. The van der Waals surface area contributed by atoms with E-state index >= 15 is 0 Å². The van der Waals surface area contributed by atoms with Crippen molar-refractivity contribution < 1.29 is 9.22 Å². The molecule has 2 aromatic rings. The molecule has 0 N–H and O–H groups in total. The quantitative estimate of drug-likeness (QED) is 0.596. The summed E-state index contributed by atoms with van der Waals surface area (Å²) in [6.07, 6.45) is 3.46. The molecule has 4 rings (SSSR count). The van der Waals surface area contributed by atoms with Crippen molar-refractivity contribution in [3.8, 4) is 0 Å². The Morgan fingerprint density at radius 3 is 1.92 bits per heavy atom. The first-order valence-corrected chi connectivity index (χ1v) is 11.6. The molecule has 0 spiro atoms. The molecule has 0 aliphatic heterocycles. The van der Waals surface area contributed by atoms with Gasteiger partial charge in [-0.1, -0.05) is 81.4 Å². The van der Waals surface area contributed by atoms with Gasteiger partial charge in [0.2, 0.25) is 0 Å². The molecule has 0 bridgehead atoms. The van der Waals surface area contributed by atoms with Crippen molar-refractivity contribution in [2.24, 2.45) is 17.8 Å². The van der Waals surface area contributed by atoms with Gasteiger partial charge in [-0.2, -0.15) is 0 Å². The third-order valence-corrected chi connectivity index (χ3v) is 11.3. The van der Waals surface area contributed by atoms with Crippen LogP contribution in [0.1, 0.15) is 33.6 Å².